The van der Waals surface area contributed by atoms with Crippen molar-refractivity contribution in [3.05, 3.63) is 72.4 Å². The van der Waals surface area contributed by atoms with Crippen molar-refractivity contribution in [3.8, 4) is 0 Å². The van der Waals surface area contributed by atoms with E-state index in [2.05, 4.69) is 33.2 Å². The van der Waals surface area contributed by atoms with Crippen LogP contribution in [0.4, 0.5) is 0 Å². The summed E-state index contributed by atoms with van der Waals surface area (Å²) in [5.74, 6) is 0. The van der Waals surface area contributed by atoms with E-state index >= 15 is 0 Å². The average Bonchev–Trinajstić information content (AvgIpc) is 2.24. The van der Waals surface area contributed by atoms with Crippen molar-refractivity contribution in [1.29, 1.82) is 0 Å². The maximum atomic E-state index is 5.79. The minimum atomic E-state index is 0.559. The van der Waals surface area contributed by atoms with E-state index in [1.54, 1.807) is 12.2 Å². The zero-order chi connectivity index (χ0) is 11.8. The van der Waals surface area contributed by atoms with Gasteiger partial charge in [-0.1, -0.05) is 68.6 Å². The van der Waals surface area contributed by atoms with Crippen LogP contribution in [0.5, 0.6) is 0 Å². The predicted octanol–water partition coefficient (Wildman–Crippen LogP) is 4.93. The Hall–Kier alpha value is -1.27. The number of hydrogen-bond donors (Lipinski definition) is 0. The van der Waals surface area contributed by atoms with Crippen molar-refractivity contribution in [1.82, 2.24) is 0 Å². The Kier molecular flexibility index (Phi) is 6.48. The fraction of sp³-hybridized carbons (Fsp3) is 0.143. The molecule has 0 bridgehead atoms. The quantitative estimate of drug-likeness (QED) is 0.557. The largest absolute Gasteiger partial charge is 0.0976 e. The van der Waals surface area contributed by atoms with Crippen LogP contribution in [-0.2, 0) is 0 Å². The van der Waals surface area contributed by atoms with E-state index in [9.17, 15) is 0 Å². The number of hydrogen-bond acceptors (Lipinski definition) is 0. The summed E-state index contributed by atoms with van der Waals surface area (Å²) in [5, 5.41) is 0.559. The second-order valence-electron chi connectivity index (χ2n) is 3.13. The van der Waals surface area contributed by atoms with Crippen LogP contribution in [0.1, 0.15) is 13.3 Å². The monoisotopic (exact) mass is 220 g/mol. The van der Waals surface area contributed by atoms with Gasteiger partial charge in [-0.3, -0.25) is 0 Å². The van der Waals surface area contributed by atoms with Gasteiger partial charge in [0.2, 0.25) is 0 Å². The summed E-state index contributed by atoms with van der Waals surface area (Å²) in [6.07, 6.45) is 8.05. The van der Waals surface area contributed by atoms with Crippen molar-refractivity contribution in [3.63, 3.8) is 0 Å². The second kappa shape index (κ2) is 7.08. The summed E-state index contributed by atoms with van der Waals surface area (Å²) in [6.45, 7) is 17.2. The Labute approximate surface area is 97.6 Å². The molecule has 0 fully saturated rings. The van der Waals surface area contributed by atoms with Crippen molar-refractivity contribution in [2.75, 3.05) is 0 Å². The molecule has 0 atom stereocenters. The van der Waals surface area contributed by atoms with Crippen LogP contribution < -0.4 is 0 Å². The lowest BCUT2D eigenvalue weighted by molar-refractivity contribution is 1.16. The van der Waals surface area contributed by atoms with E-state index in [0.29, 0.717) is 5.03 Å². The van der Waals surface area contributed by atoms with Crippen LogP contribution in [0.2, 0.25) is 0 Å². The number of rotatable bonds is 6. The first-order chi connectivity index (χ1) is 7.01. The first kappa shape index (κ1) is 13.7. The van der Waals surface area contributed by atoms with E-state index in [-0.39, 0.29) is 0 Å². The van der Waals surface area contributed by atoms with Gasteiger partial charge in [-0.15, -0.1) is 0 Å². The third-order valence-electron chi connectivity index (χ3n) is 1.89. The lowest BCUT2D eigenvalue weighted by atomic mass is 10.1. The first-order valence-electron chi connectivity index (χ1n) is 4.75. The SMILES string of the molecule is C=CC(Cl)=CC(=C)C(=C)C=CC(=C)CC. The Balaban J connectivity index is 4.48. The van der Waals surface area contributed by atoms with Crippen molar-refractivity contribution in [2.24, 2.45) is 0 Å². The summed E-state index contributed by atoms with van der Waals surface area (Å²) in [7, 11) is 0. The molecule has 0 aliphatic rings. The lowest BCUT2D eigenvalue weighted by Gasteiger charge is -2.00. The third kappa shape index (κ3) is 5.92. The molecular weight excluding hydrogens is 204 g/mol. The highest BCUT2D eigenvalue weighted by molar-refractivity contribution is 6.31. The van der Waals surface area contributed by atoms with Crippen molar-refractivity contribution in [2.45, 2.75) is 13.3 Å². The van der Waals surface area contributed by atoms with E-state index in [4.69, 9.17) is 11.6 Å². The van der Waals surface area contributed by atoms with Gasteiger partial charge >= 0.3 is 0 Å². The molecular formula is C14H17Cl. The summed E-state index contributed by atoms with van der Waals surface area (Å²) >= 11 is 5.79. The molecule has 0 aliphatic heterocycles. The highest BCUT2D eigenvalue weighted by atomic mass is 35.5. The lowest BCUT2D eigenvalue weighted by Crippen LogP contribution is -1.80. The molecule has 0 aromatic heterocycles. The molecule has 0 amide bonds. The van der Waals surface area contributed by atoms with Crippen LogP contribution in [0.15, 0.2) is 72.4 Å². The zero-order valence-electron chi connectivity index (χ0n) is 9.22. The minimum absolute atomic E-state index is 0.559. The molecule has 0 saturated carbocycles. The van der Waals surface area contributed by atoms with Gasteiger partial charge in [0, 0.05) is 5.03 Å². The summed E-state index contributed by atoms with van der Waals surface area (Å²) in [5.41, 5.74) is 2.66. The maximum Gasteiger partial charge on any atom is 0.0406 e. The zero-order valence-corrected chi connectivity index (χ0v) is 9.98. The van der Waals surface area contributed by atoms with Crippen LogP contribution in [-0.4, -0.2) is 0 Å². The first-order valence-corrected chi connectivity index (χ1v) is 5.12. The normalized spacial score (nSPS) is 11.5. The third-order valence-corrected chi connectivity index (χ3v) is 2.16. The van der Waals surface area contributed by atoms with Crippen LogP contribution >= 0.6 is 11.6 Å². The van der Waals surface area contributed by atoms with Gasteiger partial charge in [0.25, 0.3) is 0 Å². The van der Waals surface area contributed by atoms with Gasteiger partial charge in [-0.05, 0) is 23.6 Å². The molecule has 0 aliphatic carbocycles. The van der Waals surface area contributed by atoms with Gasteiger partial charge in [0.05, 0.1) is 0 Å². The highest BCUT2D eigenvalue weighted by Crippen LogP contribution is 2.14. The van der Waals surface area contributed by atoms with Gasteiger partial charge in [0.15, 0.2) is 0 Å². The average molecular weight is 221 g/mol. The van der Waals surface area contributed by atoms with Gasteiger partial charge < -0.3 is 0 Å². The maximum absolute atomic E-state index is 5.79. The Morgan fingerprint density at radius 1 is 1.13 bits per heavy atom. The Bertz CT molecular complexity index is 340. The molecule has 15 heavy (non-hydrogen) atoms. The molecule has 0 spiro atoms. The molecule has 0 N–H and O–H groups in total. The van der Waals surface area contributed by atoms with Crippen LogP contribution in [0.3, 0.4) is 0 Å². The summed E-state index contributed by atoms with van der Waals surface area (Å²) < 4.78 is 0. The van der Waals surface area contributed by atoms with Gasteiger partial charge in [-0.2, -0.15) is 0 Å². The van der Waals surface area contributed by atoms with Crippen LogP contribution in [0.25, 0.3) is 0 Å². The molecule has 0 heterocycles. The number of halogens is 1. The standard InChI is InChI=1S/C14H17Cl/c1-6-11(3)8-9-12(4)13(5)10-14(15)7-2/h7-10H,2-6H2,1H3. The minimum Gasteiger partial charge on any atom is -0.0976 e. The molecule has 0 nitrogen and oxygen atoms in total. The summed E-state index contributed by atoms with van der Waals surface area (Å²) in [6, 6.07) is 0. The van der Waals surface area contributed by atoms with Gasteiger partial charge in [-0.25, -0.2) is 0 Å². The van der Waals surface area contributed by atoms with E-state index in [0.717, 1.165) is 23.1 Å². The van der Waals surface area contributed by atoms with E-state index in [1.807, 2.05) is 12.2 Å². The molecule has 0 saturated heterocycles. The van der Waals surface area contributed by atoms with Gasteiger partial charge in [0.1, 0.15) is 0 Å². The molecule has 0 aromatic rings. The number of allylic oxidation sites excluding steroid dienone is 8. The fourth-order valence-corrected chi connectivity index (χ4v) is 0.893. The predicted molar refractivity (Wildman–Crippen MR) is 71.0 cm³/mol. The molecule has 0 unspecified atom stereocenters. The molecule has 80 valence electrons. The smallest absolute Gasteiger partial charge is 0.0406 e. The Morgan fingerprint density at radius 2 is 1.73 bits per heavy atom. The fourth-order valence-electron chi connectivity index (χ4n) is 0.761. The Morgan fingerprint density at radius 3 is 2.20 bits per heavy atom. The highest BCUT2D eigenvalue weighted by Gasteiger charge is 1.94. The second-order valence-corrected chi connectivity index (χ2v) is 3.57. The van der Waals surface area contributed by atoms with E-state index in [1.165, 1.54) is 0 Å². The topological polar surface area (TPSA) is 0 Å². The molecule has 1 heteroatoms. The van der Waals surface area contributed by atoms with Crippen molar-refractivity contribution < 1.29 is 0 Å². The summed E-state index contributed by atoms with van der Waals surface area (Å²) in [4.78, 5) is 0. The molecule has 0 rings (SSSR count). The van der Waals surface area contributed by atoms with Crippen LogP contribution in [0, 0.1) is 0 Å². The van der Waals surface area contributed by atoms with E-state index < -0.39 is 0 Å². The molecule has 0 radical (unpaired) electrons. The molecule has 0 aromatic carbocycles. The van der Waals surface area contributed by atoms with Crippen molar-refractivity contribution >= 4 is 11.6 Å².